The van der Waals surface area contributed by atoms with Crippen LogP contribution in [0, 0.1) is 5.92 Å². The van der Waals surface area contributed by atoms with Crippen LogP contribution in [0.3, 0.4) is 0 Å². The number of rotatable bonds is 7. The second-order valence-electron chi connectivity index (χ2n) is 6.06. The largest absolute Gasteiger partial charge is 0.466 e. The maximum absolute atomic E-state index is 12.5. The number of allylic oxidation sites excluding steroid dienone is 1. The summed E-state index contributed by atoms with van der Waals surface area (Å²) in [4.78, 5) is 26.4. The topological polar surface area (TPSA) is 81.9 Å². The quantitative estimate of drug-likeness (QED) is 0.606. The Bertz CT molecular complexity index is 590. The number of benzene rings is 1. The Kier molecular flexibility index (Phi) is 7.01. The van der Waals surface area contributed by atoms with E-state index in [1.165, 1.54) is 0 Å². The fraction of sp³-hybridized carbons (Fsp3) is 0.474. The third-order valence-corrected chi connectivity index (χ3v) is 4.36. The van der Waals surface area contributed by atoms with E-state index in [4.69, 9.17) is 15.2 Å². The molecule has 1 fully saturated rings. The van der Waals surface area contributed by atoms with Crippen LogP contribution in [0.25, 0.3) is 0 Å². The first kappa shape index (κ1) is 19.0. The summed E-state index contributed by atoms with van der Waals surface area (Å²) in [5, 5.41) is 0. The summed E-state index contributed by atoms with van der Waals surface area (Å²) < 4.78 is 10.6. The second-order valence-corrected chi connectivity index (χ2v) is 6.06. The fourth-order valence-electron chi connectivity index (χ4n) is 3.17. The molecular weight excluding hydrogens is 320 g/mol. The predicted molar refractivity (Wildman–Crippen MR) is 94.7 cm³/mol. The van der Waals surface area contributed by atoms with Gasteiger partial charge in [0, 0.05) is 12.6 Å². The van der Waals surface area contributed by atoms with Crippen molar-refractivity contribution in [2.24, 2.45) is 11.7 Å². The van der Waals surface area contributed by atoms with E-state index in [2.05, 4.69) is 6.58 Å². The van der Waals surface area contributed by atoms with Gasteiger partial charge in [0.1, 0.15) is 6.61 Å². The van der Waals surface area contributed by atoms with Crippen molar-refractivity contribution in [2.75, 3.05) is 13.2 Å². The number of hydrogen-bond donors (Lipinski definition) is 1. The summed E-state index contributed by atoms with van der Waals surface area (Å²) in [6.07, 6.45) is 2.22. The minimum absolute atomic E-state index is 0.184. The molecule has 1 aliphatic heterocycles. The standard InChI is InChI=1S/C19H26N2O4/c1-3-8-15(18(22)24-4-2)17-16(20)11-12-21(17)19(23)25-13-14-9-6-5-7-10-14/h3,5-7,9-10,15-17H,1,4,8,11-13,20H2,2H3/t15-,16+,17-/m0/s1. The molecule has 6 nitrogen and oxygen atoms in total. The lowest BCUT2D eigenvalue weighted by atomic mass is 9.91. The molecule has 0 spiro atoms. The Morgan fingerprint density at radius 1 is 1.36 bits per heavy atom. The van der Waals surface area contributed by atoms with E-state index in [0.717, 1.165) is 5.56 Å². The van der Waals surface area contributed by atoms with Crippen molar-refractivity contribution < 1.29 is 19.1 Å². The molecule has 2 rings (SSSR count). The van der Waals surface area contributed by atoms with Crippen molar-refractivity contribution in [1.82, 2.24) is 4.90 Å². The molecule has 1 aromatic rings. The molecule has 0 saturated carbocycles. The van der Waals surface area contributed by atoms with Crippen LogP contribution < -0.4 is 5.73 Å². The minimum atomic E-state index is -0.528. The zero-order chi connectivity index (χ0) is 18.2. The smallest absolute Gasteiger partial charge is 0.410 e. The van der Waals surface area contributed by atoms with Gasteiger partial charge >= 0.3 is 12.1 Å². The van der Waals surface area contributed by atoms with Gasteiger partial charge in [-0.1, -0.05) is 36.4 Å². The average Bonchev–Trinajstić information content (AvgIpc) is 3.00. The van der Waals surface area contributed by atoms with Gasteiger partial charge in [-0.15, -0.1) is 6.58 Å². The van der Waals surface area contributed by atoms with Crippen LogP contribution in [0.5, 0.6) is 0 Å². The highest BCUT2D eigenvalue weighted by molar-refractivity contribution is 5.76. The highest BCUT2D eigenvalue weighted by Gasteiger charge is 2.44. The average molecular weight is 346 g/mol. The Hall–Kier alpha value is -2.34. The van der Waals surface area contributed by atoms with Gasteiger partial charge in [-0.2, -0.15) is 0 Å². The number of ether oxygens (including phenoxy) is 2. The van der Waals surface area contributed by atoms with Gasteiger partial charge < -0.3 is 20.1 Å². The monoisotopic (exact) mass is 346 g/mol. The van der Waals surface area contributed by atoms with Gasteiger partial charge in [-0.3, -0.25) is 4.79 Å². The molecule has 2 N–H and O–H groups in total. The zero-order valence-corrected chi connectivity index (χ0v) is 14.6. The summed E-state index contributed by atoms with van der Waals surface area (Å²) in [6, 6.07) is 8.72. The molecule has 1 saturated heterocycles. The molecule has 1 heterocycles. The lowest BCUT2D eigenvalue weighted by molar-refractivity contribution is -0.150. The summed E-state index contributed by atoms with van der Waals surface area (Å²) in [6.45, 7) is 6.39. The van der Waals surface area contributed by atoms with Gasteiger partial charge in [0.15, 0.2) is 0 Å². The van der Waals surface area contributed by atoms with Crippen molar-refractivity contribution >= 4 is 12.1 Å². The molecule has 0 aliphatic carbocycles. The van der Waals surface area contributed by atoms with E-state index in [1.54, 1.807) is 17.9 Å². The van der Waals surface area contributed by atoms with Crippen LogP contribution in [0.1, 0.15) is 25.3 Å². The molecule has 0 aromatic heterocycles. The number of amides is 1. The zero-order valence-electron chi connectivity index (χ0n) is 14.6. The van der Waals surface area contributed by atoms with Crippen LogP contribution in [0.2, 0.25) is 0 Å². The highest BCUT2D eigenvalue weighted by Crippen LogP contribution is 2.28. The lowest BCUT2D eigenvalue weighted by Gasteiger charge is -2.31. The van der Waals surface area contributed by atoms with Gasteiger partial charge in [-0.25, -0.2) is 4.79 Å². The van der Waals surface area contributed by atoms with E-state index in [1.807, 2.05) is 30.3 Å². The summed E-state index contributed by atoms with van der Waals surface area (Å²) in [5.74, 6) is -0.884. The van der Waals surface area contributed by atoms with Gasteiger partial charge in [0.2, 0.25) is 0 Å². The first-order chi connectivity index (χ1) is 12.1. The molecule has 1 amide bonds. The number of likely N-dealkylation sites (tertiary alicyclic amines) is 1. The van der Waals surface area contributed by atoms with Crippen molar-refractivity contribution in [2.45, 2.75) is 38.5 Å². The van der Waals surface area contributed by atoms with E-state index < -0.39 is 18.1 Å². The van der Waals surface area contributed by atoms with Crippen LogP contribution in [-0.4, -0.2) is 42.2 Å². The first-order valence-corrected chi connectivity index (χ1v) is 8.58. The maximum atomic E-state index is 12.5. The van der Waals surface area contributed by atoms with Gasteiger partial charge in [-0.05, 0) is 25.3 Å². The third kappa shape index (κ3) is 4.82. The van der Waals surface area contributed by atoms with Crippen molar-refractivity contribution in [3.63, 3.8) is 0 Å². The van der Waals surface area contributed by atoms with E-state index in [9.17, 15) is 9.59 Å². The van der Waals surface area contributed by atoms with Crippen molar-refractivity contribution in [1.29, 1.82) is 0 Å². The Balaban J connectivity index is 2.07. The molecule has 0 unspecified atom stereocenters. The van der Waals surface area contributed by atoms with E-state index in [-0.39, 0.29) is 25.2 Å². The molecular formula is C19H26N2O4. The van der Waals surface area contributed by atoms with Crippen molar-refractivity contribution in [3.05, 3.63) is 48.6 Å². The molecule has 136 valence electrons. The van der Waals surface area contributed by atoms with Crippen LogP contribution in [-0.2, 0) is 20.9 Å². The Labute approximate surface area is 148 Å². The molecule has 25 heavy (non-hydrogen) atoms. The SMILES string of the molecule is C=CC[C@H](C(=O)OCC)[C@H]1[C@H](N)CCN1C(=O)OCc1ccccc1. The molecule has 6 heteroatoms. The van der Waals surface area contributed by atoms with Crippen LogP contribution in [0.4, 0.5) is 4.79 Å². The van der Waals surface area contributed by atoms with Crippen molar-refractivity contribution in [3.8, 4) is 0 Å². The maximum Gasteiger partial charge on any atom is 0.410 e. The number of carbonyl (C=O) groups excluding carboxylic acids is 2. The van der Waals surface area contributed by atoms with Gasteiger partial charge in [0.25, 0.3) is 0 Å². The molecule has 0 radical (unpaired) electrons. The van der Waals surface area contributed by atoms with Gasteiger partial charge in [0.05, 0.1) is 18.6 Å². The number of carbonyl (C=O) groups is 2. The normalized spacial score (nSPS) is 20.8. The summed E-state index contributed by atoms with van der Waals surface area (Å²) in [5.41, 5.74) is 7.09. The Morgan fingerprint density at radius 3 is 2.72 bits per heavy atom. The molecule has 3 atom stereocenters. The number of nitrogens with two attached hydrogens (primary N) is 1. The second kappa shape index (κ2) is 9.22. The number of esters is 1. The highest BCUT2D eigenvalue weighted by atomic mass is 16.6. The molecule has 1 aromatic carbocycles. The molecule has 0 bridgehead atoms. The predicted octanol–water partition coefficient (Wildman–Crippen LogP) is 2.48. The molecule has 1 aliphatic rings. The first-order valence-electron chi connectivity index (χ1n) is 8.58. The lowest BCUT2D eigenvalue weighted by Crippen LogP contribution is -2.50. The summed E-state index contributed by atoms with van der Waals surface area (Å²) >= 11 is 0. The Morgan fingerprint density at radius 2 is 2.08 bits per heavy atom. The number of nitrogens with zero attached hydrogens (tertiary/aromatic N) is 1. The van der Waals surface area contributed by atoms with Crippen LogP contribution >= 0.6 is 0 Å². The van der Waals surface area contributed by atoms with E-state index in [0.29, 0.717) is 19.4 Å². The van der Waals surface area contributed by atoms with E-state index >= 15 is 0 Å². The number of hydrogen-bond acceptors (Lipinski definition) is 5. The third-order valence-electron chi connectivity index (χ3n) is 4.36. The fourth-order valence-corrected chi connectivity index (χ4v) is 3.17. The van der Waals surface area contributed by atoms with Crippen LogP contribution in [0.15, 0.2) is 43.0 Å². The minimum Gasteiger partial charge on any atom is -0.466 e. The summed E-state index contributed by atoms with van der Waals surface area (Å²) in [7, 11) is 0.